The van der Waals surface area contributed by atoms with Gasteiger partial charge in [0.1, 0.15) is 5.84 Å². The average Bonchev–Trinajstić information content (AvgIpc) is 2.91. The van der Waals surface area contributed by atoms with Crippen molar-refractivity contribution in [3.05, 3.63) is 0 Å². The Labute approximate surface area is 102 Å². The number of rotatable bonds is 6. The molecule has 2 rings (SSSR count). The minimum atomic E-state index is -0.493. The van der Waals surface area contributed by atoms with Gasteiger partial charge in [0.05, 0.1) is 5.60 Å². The van der Waals surface area contributed by atoms with Crippen molar-refractivity contribution < 1.29 is 10.3 Å². The molecule has 0 saturated heterocycles. The van der Waals surface area contributed by atoms with Crippen molar-refractivity contribution in [3.8, 4) is 0 Å². The molecular formula is C12H23N3O2. The highest BCUT2D eigenvalue weighted by Gasteiger charge is 2.43. The molecule has 0 bridgehead atoms. The van der Waals surface area contributed by atoms with E-state index in [-0.39, 0.29) is 5.41 Å². The van der Waals surface area contributed by atoms with E-state index >= 15 is 0 Å². The van der Waals surface area contributed by atoms with Gasteiger partial charge in [0, 0.05) is 19.5 Å². The highest BCUT2D eigenvalue weighted by molar-refractivity contribution is 5.80. The van der Waals surface area contributed by atoms with E-state index < -0.39 is 5.60 Å². The van der Waals surface area contributed by atoms with Crippen molar-refractivity contribution in [2.75, 3.05) is 13.1 Å². The molecule has 5 N–H and O–H groups in total. The summed E-state index contributed by atoms with van der Waals surface area (Å²) >= 11 is 0. The molecule has 0 heterocycles. The minimum Gasteiger partial charge on any atom is -0.409 e. The molecule has 0 aromatic heterocycles. The first kappa shape index (κ1) is 12.6. The van der Waals surface area contributed by atoms with Gasteiger partial charge in [-0.1, -0.05) is 18.0 Å². The zero-order valence-corrected chi connectivity index (χ0v) is 10.3. The maximum absolute atomic E-state index is 10.2. The van der Waals surface area contributed by atoms with E-state index in [2.05, 4.69) is 10.5 Å². The van der Waals surface area contributed by atoms with Crippen LogP contribution in [0.25, 0.3) is 0 Å². The lowest BCUT2D eigenvalue weighted by molar-refractivity contribution is 0.0466. The lowest BCUT2D eigenvalue weighted by atomic mass is 9.99. The van der Waals surface area contributed by atoms with Crippen molar-refractivity contribution in [1.29, 1.82) is 0 Å². The van der Waals surface area contributed by atoms with E-state index in [0.717, 1.165) is 45.1 Å². The molecule has 2 aliphatic rings. The summed E-state index contributed by atoms with van der Waals surface area (Å²) in [7, 11) is 0. The van der Waals surface area contributed by atoms with Crippen LogP contribution in [0.5, 0.6) is 0 Å². The second-order valence-electron chi connectivity index (χ2n) is 5.80. The van der Waals surface area contributed by atoms with Crippen LogP contribution in [-0.2, 0) is 0 Å². The van der Waals surface area contributed by atoms with Crippen LogP contribution in [-0.4, -0.2) is 34.8 Å². The van der Waals surface area contributed by atoms with Crippen LogP contribution >= 0.6 is 0 Å². The minimum absolute atomic E-state index is 0.172. The van der Waals surface area contributed by atoms with Crippen LogP contribution in [0.4, 0.5) is 0 Å². The van der Waals surface area contributed by atoms with Crippen LogP contribution in [0.2, 0.25) is 0 Å². The summed E-state index contributed by atoms with van der Waals surface area (Å²) in [5.74, 6) is 0.309. The summed E-state index contributed by atoms with van der Waals surface area (Å²) < 4.78 is 0. The zero-order chi connectivity index (χ0) is 12.4. The molecule has 2 fully saturated rings. The summed E-state index contributed by atoms with van der Waals surface area (Å²) in [4.78, 5) is 0. The third-order valence-electron chi connectivity index (χ3n) is 4.13. The third kappa shape index (κ3) is 3.33. The summed E-state index contributed by atoms with van der Waals surface area (Å²) in [5, 5.41) is 25.1. The Balaban J connectivity index is 1.71. The van der Waals surface area contributed by atoms with Gasteiger partial charge in [0.15, 0.2) is 0 Å². The molecule has 0 spiro atoms. The highest BCUT2D eigenvalue weighted by Crippen LogP contribution is 2.48. The van der Waals surface area contributed by atoms with Crippen molar-refractivity contribution in [2.24, 2.45) is 16.3 Å². The average molecular weight is 241 g/mol. The number of nitrogens with zero attached hydrogens (tertiary/aromatic N) is 1. The molecule has 98 valence electrons. The molecule has 5 heteroatoms. The molecule has 0 radical (unpaired) electrons. The molecule has 0 amide bonds. The Hall–Kier alpha value is -0.810. The Morgan fingerprint density at radius 1 is 1.18 bits per heavy atom. The Kier molecular flexibility index (Phi) is 3.58. The first-order valence-corrected chi connectivity index (χ1v) is 6.47. The van der Waals surface area contributed by atoms with Gasteiger partial charge >= 0.3 is 0 Å². The molecular weight excluding hydrogens is 218 g/mol. The van der Waals surface area contributed by atoms with Crippen molar-refractivity contribution in [3.63, 3.8) is 0 Å². The predicted octanol–water partition coefficient (Wildman–Crippen LogP) is 0.798. The van der Waals surface area contributed by atoms with E-state index in [4.69, 9.17) is 10.9 Å². The van der Waals surface area contributed by atoms with E-state index in [9.17, 15) is 5.11 Å². The quantitative estimate of drug-likeness (QED) is 0.239. The number of aliphatic hydroxyl groups is 1. The highest BCUT2D eigenvalue weighted by atomic mass is 16.4. The van der Waals surface area contributed by atoms with Gasteiger partial charge in [-0.05, 0) is 31.1 Å². The lowest BCUT2D eigenvalue weighted by Gasteiger charge is -2.24. The maximum atomic E-state index is 10.2. The molecule has 2 aliphatic carbocycles. The van der Waals surface area contributed by atoms with Crippen LogP contribution < -0.4 is 11.1 Å². The van der Waals surface area contributed by atoms with Gasteiger partial charge in [-0.15, -0.1) is 0 Å². The van der Waals surface area contributed by atoms with Gasteiger partial charge in [0.25, 0.3) is 0 Å². The van der Waals surface area contributed by atoms with Crippen molar-refractivity contribution >= 4 is 5.84 Å². The molecule has 0 unspecified atom stereocenters. The number of nitrogens with two attached hydrogens (primary N) is 1. The fraction of sp³-hybridized carbons (Fsp3) is 0.917. The Morgan fingerprint density at radius 3 is 2.35 bits per heavy atom. The summed E-state index contributed by atoms with van der Waals surface area (Å²) in [6, 6.07) is 0. The smallest absolute Gasteiger partial charge is 0.139 e. The predicted molar refractivity (Wildman–Crippen MR) is 66.0 cm³/mol. The normalized spacial score (nSPS) is 26.1. The summed E-state index contributed by atoms with van der Waals surface area (Å²) in [6.07, 6.45) is 6.97. The van der Waals surface area contributed by atoms with Gasteiger partial charge in [-0.3, -0.25) is 0 Å². The molecule has 5 nitrogen and oxygen atoms in total. The molecule has 0 aromatic carbocycles. The Morgan fingerprint density at radius 2 is 1.82 bits per heavy atom. The lowest BCUT2D eigenvalue weighted by Crippen LogP contribution is -2.40. The second kappa shape index (κ2) is 4.82. The van der Waals surface area contributed by atoms with Gasteiger partial charge in [0.2, 0.25) is 0 Å². The van der Waals surface area contributed by atoms with E-state index in [1.807, 2.05) is 0 Å². The number of oxime groups is 1. The number of hydrogen-bond donors (Lipinski definition) is 4. The number of nitrogens with one attached hydrogen (secondary N) is 1. The van der Waals surface area contributed by atoms with Gasteiger partial charge < -0.3 is 21.4 Å². The van der Waals surface area contributed by atoms with E-state index in [1.165, 1.54) is 0 Å². The monoisotopic (exact) mass is 241 g/mol. The fourth-order valence-corrected chi connectivity index (χ4v) is 2.78. The fourth-order valence-electron chi connectivity index (χ4n) is 2.78. The van der Waals surface area contributed by atoms with Crippen molar-refractivity contribution in [2.45, 2.75) is 50.5 Å². The number of hydrogen-bond acceptors (Lipinski definition) is 4. The standard InChI is InChI=1S/C12H23N3O2/c13-10(15-17)7-11(5-6-11)8-14-9-12(16)3-1-2-4-12/h14,16-17H,1-9H2,(H2,13,15). The zero-order valence-electron chi connectivity index (χ0n) is 10.3. The van der Waals surface area contributed by atoms with E-state index in [1.54, 1.807) is 0 Å². The molecule has 17 heavy (non-hydrogen) atoms. The molecule has 2 saturated carbocycles. The molecule has 0 aliphatic heterocycles. The van der Waals surface area contributed by atoms with Gasteiger partial charge in [-0.25, -0.2) is 0 Å². The topological polar surface area (TPSA) is 90.9 Å². The van der Waals surface area contributed by atoms with Crippen LogP contribution in [0.15, 0.2) is 5.16 Å². The Bertz CT molecular complexity index is 294. The number of amidine groups is 1. The van der Waals surface area contributed by atoms with Crippen molar-refractivity contribution in [1.82, 2.24) is 5.32 Å². The van der Waals surface area contributed by atoms with Gasteiger partial charge in [-0.2, -0.15) is 0 Å². The van der Waals surface area contributed by atoms with E-state index in [0.29, 0.717) is 18.8 Å². The SMILES string of the molecule is NC(CC1(CNCC2(O)CCCC2)CC1)=NO. The van der Waals surface area contributed by atoms with Crippen LogP contribution in [0.3, 0.4) is 0 Å². The van der Waals surface area contributed by atoms with Crippen LogP contribution in [0.1, 0.15) is 44.9 Å². The van der Waals surface area contributed by atoms with Crippen LogP contribution in [0, 0.1) is 5.41 Å². The summed E-state index contributed by atoms with van der Waals surface area (Å²) in [6.45, 7) is 1.52. The molecule has 0 atom stereocenters. The third-order valence-corrected chi connectivity index (χ3v) is 4.13. The maximum Gasteiger partial charge on any atom is 0.139 e. The first-order chi connectivity index (χ1) is 8.08. The summed E-state index contributed by atoms with van der Waals surface area (Å²) in [5.41, 5.74) is 5.22. The first-order valence-electron chi connectivity index (χ1n) is 6.47. The molecule has 0 aromatic rings. The second-order valence-corrected chi connectivity index (χ2v) is 5.80. The largest absolute Gasteiger partial charge is 0.409 e.